The topological polar surface area (TPSA) is 65.5 Å². The average molecular weight is 242 g/mol. The number of unbranched alkanes of at least 4 members (excludes halogenated alkanes) is 2. The Morgan fingerprint density at radius 1 is 1.00 bits per heavy atom. The van der Waals surface area contributed by atoms with Crippen molar-refractivity contribution in [3.63, 3.8) is 0 Å². The molecule has 0 heterocycles. The number of guanidine groups is 1. The van der Waals surface area contributed by atoms with Crippen molar-refractivity contribution in [2.75, 3.05) is 26.7 Å². The van der Waals surface area contributed by atoms with Gasteiger partial charge in [0.05, 0.1) is 6.54 Å². The van der Waals surface area contributed by atoms with Gasteiger partial charge in [0.15, 0.2) is 5.96 Å². The van der Waals surface area contributed by atoms with Crippen LogP contribution in [0.1, 0.15) is 39.5 Å². The van der Waals surface area contributed by atoms with E-state index in [1.165, 1.54) is 12.8 Å². The third-order valence-corrected chi connectivity index (χ3v) is 2.28. The third-order valence-electron chi connectivity index (χ3n) is 2.28. The molecule has 0 bridgehead atoms. The minimum Gasteiger partial charge on any atom is -0.356 e. The van der Waals surface area contributed by atoms with Gasteiger partial charge in [-0.25, -0.2) is 0 Å². The first-order valence-electron chi connectivity index (χ1n) is 6.45. The Morgan fingerprint density at radius 3 is 2.35 bits per heavy atom. The molecular weight excluding hydrogens is 216 g/mol. The van der Waals surface area contributed by atoms with Gasteiger partial charge in [0.2, 0.25) is 5.91 Å². The lowest BCUT2D eigenvalue weighted by Crippen LogP contribution is -2.43. The molecule has 0 rings (SSSR count). The second-order valence-electron chi connectivity index (χ2n) is 3.91. The van der Waals surface area contributed by atoms with E-state index in [0.717, 1.165) is 25.9 Å². The van der Waals surface area contributed by atoms with Crippen molar-refractivity contribution in [2.24, 2.45) is 4.99 Å². The van der Waals surface area contributed by atoms with Gasteiger partial charge in [-0.2, -0.15) is 0 Å². The normalized spacial score (nSPS) is 11.1. The monoisotopic (exact) mass is 242 g/mol. The lowest BCUT2D eigenvalue weighted by molar-refractivity contribution is -0.120. The first-order valence-corrected chi connectivity index (χ1v) is 6.45. The van der Waals surface area contributed by atoms with Crippen LogP contribution in [0.4, 0.5) is 0 Å². The molecule has 0 spiro atoms. The zero-order valence-corrected chi connectivity index (χ0v) is 11.3. The van der Waals surface area contributed by atoms with Gasteiger partial charge >= 0.3 is 0 Å². The molecule has 0 saturated carbocycles. The Bertz CT molecular complexity index is 229. The van der Waals surface area contributed by atoms with E-state index in [4.69, 9.17) is 0 Å². The van der Waals surface area contributed by atoms with Crippen molar-refractivity contribution >= 4 is 11.9 Å². The number of hydrogen-bond acceptors (Lipinski definition) is 2. The minimum absolute atomic E-state index is 0.00311. The molecule has 0 aliphatic rings. The first kappa shape index (κ1) is 15.7. The van der Waals surface area contributed by atoms with Crippen LogP contribution in [0.2, 0.25) is 0 Å². The molecule has 5 heteroatoms. The summed E-state index contributed by atoms with van der Waals surface area (Å²) in [6.45, 7) is 6.09. The van der Waals surface area contributed by atoms with Gasteiger partial charge in [0, 0.05) is 20.1 Å². The Labute approximate surface area is 104 Å². The number of aliphatic imine (C=N–C) groups is 1. The second kappa shape index (κ2) is 11.2. The summed E-state index contributed by atoms with van der Waals surface area (Å²) in [5.41, 5.74) is 0. The van der Waals surface area contributed by atoms with E-state index in [2.05, 4.69) is 27.9 Å². The fourth-order valence-electron chi connectivity index (χ4n) is 1.29. The maximum Gasteiger partial charge on any atom is 0.239 e. The quantitative estimate of drug-likeness (QED) is 0.336. The van der Waals surface area contributed by atoms with Crippen LogP contribution in [0.25, 0.3) is 0 Å². The molecule has 3 N–H and O–H groups in total. The van der Waals surface area contributed by atoms with Crippen LogP contribution in [0.15, 0.2) is 4.99 Å². The highest BCUT2D eigenvalue weighted by Crippen LogP contribution is 1.90. The van der Waals surface area contributed by atoms with Crippen LogP contribution in [0, 0.1) is 0 Å². The Balaban J connectivity index is 3.64. The molecule has 0 radical (unpaired) electrons. The molecule has 5 nitrogen and oxygen atoms in total. The highest BCUT2D eigenvalue weighted by molar-refractivity contribution is 5.86. The first-order chi connectivity index (χ1) is 8.24. The van der Waals surface area contributed by atoms with Crippen LogP contribution in [-0.4, -0.2) is 38.5 Å². The van der Waals surface area contributed by atoms with Crippen LogP contribution in [-0.2, 0) is 4.79 Å². The van der Waals surface area contributed by atoms with E-state index in [-0.39, 0.29) is 12.5 Å². The molecule has 0 aliphatic carbocycles. The van der Waals surface area contributed by atoms with Gasteiger partial charge in [-0.1, -0.05) is 26.7 Å². The lowest BCUT2D eigenvalue weighted by atomic mass is 10.2. The SMILES string of the molecule is CCCCCNC(=NC)NCC(=O)NCCC. The van der Waals surface area contributed by atoms with Gasteiger partial charge in [0.1, 0.15) is 0 Å². The molecule has 0 aromatic carbocycles. The third kappa shape index (κ3) is 9.66. The number of carbonyl (C=O) groups is 1. The number of hydrogen-bond donors (Lipinski definition) is 3. The summed E-state index contributed by atoms with van der Waals surface area (Å²) in [4.78, 5) is 15.4. The van der Waals surface area contributed by atoms with Gasteiger partial charge in [-0.15, -0.1) is 0 Å². The Hall–Kier alpha value is -1.26. The number of nitrogens with one attached hydrogen (secondary N) is 3. The second-order valence-corrected chi connectivity index (χ2v) is 3.91. The van der Waals surface area contributed by atoms with E-state index in [0.29, 0.717) is 5.96 Å². The summed E-state index contributed by atoms with van der Waals surface area (Å²) in [5.74, 6) is 0.691. The molecule has 0 atom stereocenters. The molecule has 0 unspecified atom stereocenters. The molecular formula is C12H26N4O. The van der Waals surface area contributed by atoms with Crippen molar-refractivity contribution < 1.29 is 4.79 Å². The fraction of sp³-hybridized carbons (Fsp3) is 0.833. The Morgan fingerprint density at radius 2 is 1.76 bits per heavy atom. The molecule has 0 aromatic rings. The van der Waals surface area contributed by atoms with Crippen LogP contribution < -0.4 is 16.0 Å². The van der Waals surface area contributed by atoms with Gasteiger partial charge < -0.3 is 16.0 Å². The molecule has 0 aliphatic heterocycles. The van der Waals surface area contributed by atoms with Crippen molar-refractivity contribution in [3.05, 3.63) is 0 Å². The number of nitrogens with zero attached hydrogens (tertiary/aromatic N) is 1. The van der Waals surface area contributed by atoms with Crippen LogP contribution in [0.3, 0.4) is 0 Å². The van der Waals surface area contributed by atoms with Gasteiger partial charge in [-0.05, 0) is 12.8 Å². The van der Waals surface area contributed by atoms with Crippen molar-refractivity contribution in [3.8, 4) is 0 Å². The van der Waals surface area contributed by atoms with Crippen LogP contribution in [0.5, 0.6) is 0 Å². The van der Waals surface area contributed by atoms with Crippen molar-refractivity contribution in [1.82, 2.24) is 16.0 Å². The predicted octanol–water partition coefficient (Wildman–Crippen LogP) is 0.868. The molecule has 1 amide bonds. The van der Waals surface area contributed by atoms with Crippen molar-refractivity contribution in [1.29, 1.82) is 0 Å². The van der Waals surface area contributed by atoms with E-state index in [1.54, 1.807) is 7.05 Å². The van der Waals surface area contributed by atoms with Gasteiger partial charge in [0.25, 0.3) is 0 Å². The lowest BCUT2D eigenvalue weighted by Gasteiger charge is -2.11. The number of amides is 1. The van der Waals surface area contributed by atoms with Crippen LogP contribution >= 0.6 is 0 Å². The summed E-state index contributed by atoms with van der Waals surface area (Å²) in [6.07, 6.45) is 4.49. The van der Waals surface area contributed by atoms with E-state index in [1.807, 2.05) is 6.92 Å². The summed E-state index contributed by atoms with van der Waals surface area (Å²) >= 11 is 0. The summed E-state index contributed by atoms with van der Waals surface area (Å²) < 4.78 is 0. The predicted molar refractivity (Wildman–Crippen MR) is 72.2 cm³/mol. The standard InChI is InChI=1S/C12H26N4O/c1-4-6-7-9-15-12(13-3)16-10-11(17)14-8-5-2/h4-10H2,1-3H3,(H,14,17)(H2,13,15,16). The molecule has 100 valence electrons. The molecule has 0 saturated heterocycles. The summed E-state index contributed by atoms with van der Waals surface area (Å²) in [6, 6.07) is 0. The zero-order valence-electron chi connectivity index (χ0n) is 11.3. The maximum atomic E-state index is 11.3. The van der Waals surface area contributed by atoms with E-state index in [9.17, 15) is 4.79 Å². The molecule has 0 fully saturated rings. The molecule has 17 heavy (non-hydrogen) atoms. The zero-order chi connectivity index (χ0) is 12.9. The highest BCUT2D eigenvalue weighted by atomic mass is 16.1. The van der Waals surface area contributed by atoms with E-state index < -0.39 is 0 Å². The smallest absolute Gasteiger partial charge is 0.239 e. The highest BCUT2D eigenvalue weighted by Gasteiger charge is 2.01. The van der Waals surface area contributed by atoms with Crippen molar-refractivity contribution in [2.45, 2.75) is 39.5 Å². The average Bonchev–Trinajstić information content (AvgIpc) is 2.35. The fourth-order valence-corrected chi connectivity index (χ4v) is 1.29. The summed E-state index contributed by atoms with van der Waals surface area (Å²) in [7, 11) is 1.71. The maximum absolute atomic E-state index is 11.3. The Kier molecular flexibility index (Phi) is 10.4. The number of rotatable bonds is 8. The summed E-state index contributed by atoms with van der Waals surface area (Å²) in [5, 5.41) is 8.96. The van der Waals surface area contributed by atoms with Gasteiger partial charge in [-0.3, -0.25) is 9.79 Å². The largest absolute Gasteiger partial charge is 0.356 e. The van der Waals surface area contributed by atoms with E-state index >= 15 is 0 Å². The molecule has 0 aromatic heterocycles. The number of carbonyl (C=O) groups excluding carboxylic acids is 1. The minimum atomic E-state index is 0.00311.